The van der Waals surface area contributed by atoms with Gasteiger partial charge in [0.15, 0.2) is 0 Å². The van der Waals surface area contributed by atoms with Crippen molar-refractivity contribution in [3.63, 3.8) is 0 Å². The molecule has 3 N–H and O–H groups in total. The molecule has 2 nitrogen and oxygen atoms in total. The average Bonchev–Trinajstić information content (AvgIpc) is 2.85. The number of halogens is 2. The van der Waals surface area contributed by atoms with Gasteiger partial charge in [-0.3, -0.25) is 0 Å². The van der Waals surface area contributed by atoms with Crippen molar-refractivity contribution in [3.05, 3.63) is 45.6 Å². The Balaban J connectivity index is 2.10. The summed E-state index contributed by atoms with van der Waals surface area (Å²) in [6.07, 6.45) is -1.53. The standard InChI is InChI=1S/C14H16F2N2S/c1-2-10-4-5-11(19-10)8-18-13-6-3-9(17)7-12(13)14(15)16/h3-7,14,18H,2,8,17H2,1H3. The van der Waals surface area contributed by atoms with Gasteiger partial charge < -0.3 is 11.1 Å². The predicted octanol–water partition coefficient (Wildman–Crippen LogP) is 4.44. The number of nitrogen functional groups attached to an aromatic ring is 1. The van der Waals surface area contributed by atoms with E-state index in [1.165, 1.54) is 10.9 Å². The molecule has 19 heavy (non-hydrogen) atoms. The van der Waals surface area contributed by atoms with E-state index in [9.17, 15) is 8.78 Å². The molecule has 0 unspecified atom stereocenters. The van der Waals surface area contributed by atoms with Crippen LogP contribution in [0.4, 0.5) is 20.2 Å². The predicted molar refractivity (Wildman–Crippen MR) is 76.8 cm³/mol. The van der Waals surface area contributed by atoms with E-state index in [1.807, 2.05) is 6.07 Å². The summed E-state index contributed by atoms with van der Waals surface area (Å²) < 4.78 is 25.8. The Kier molecular flexibility index (Phi) is 4.37. The second-order valence-electron chi connectivity index (χ2n) is 4.22. The maximum absolute atomic E-state index is 12.9. The van der Waals surface area contributed by atoms with Crippen molar-refractivity contribution in [2.45, 2.75) is 26.3 Å². The molecule has 1 heterocycles. The number of benzene rings is 1. The van der Waals surface area contributed by atoms with Crippen LogP contribution in [0.3, 0.4) is 0 Å². The van der Waals surface area contributed by atoms with Gasteiger partial charge in [-0.25, -0.2) is 8.78 Å². The molecule has 2 rings (SSSR count). The second-order valence-corrected chi connectivity index (χ2v) is 5.48. The molecule has 0 aliphatic rings. The summed E-state index contributed by atoms with van der Waals surface area (Å²) in [5, 5.41) is 3.05. The highest BCUT2D eigenvalue weighted by molar-refractivity contribution is 7.12. The summed E-state index contributed by atoms with van der Waals surface area (Å²) in [5.74, 6) is 0. The molecule has 2 aromatic rings. The summed E-state index contributed by atoms with van der Waals surface area (Å²) in [4.78, 5) is 2.43. The summed E-state index contributed by atoms with van der Waals surface area (Å²) in [7, 11) is 0. The van der Waals surface area contributed by atoms with Gasteiger partial charge in [0.2, 0.25) is 0 Å². The molecule has 102 valence electrons. The molecule has 0 atom stereocenters. The Bertz CT molecular complexity index is 552. The van der Waals surface area contributed by atoms with E-state index < -0.39 is 6.43 Å². The molecular formula is C14H16F2N2S. The minimum atomic E-state index is -2.53. The van der Waals surface area contributed by atoms with E-state index in [4.69, 9.17) is 5.73 Å². The molecule has 0 bridgehead atoms. The van der Waals surface area contributed by atoms with Crippen LogP contribution in [-0.4, -0.2) is 0 Å². The van der Waals surface area contributed by atoms with E-state index in [0.717, 1.165) is 11.3 Å². The molecule has 0 amide bonds. The minimum Gasteiger partial charge on any atom is -0.399 e. The first-order valence-corrected chi connectivity index (χ1v) is 6.91. The molecule has 5 heteroatoms. The number of hydrogen-bond acceptors (Lipinski definition) is 3. The smallest absolute Gasteiger partial charge is 0.265 e. The van der Waals surface area contributed by atoms with Crippen LogP contribution in [0.2, 0.25) is 0 Å². The molecule has 0 spiro atoms. The normalized spacial score (nSPS) is 10.9. The molecule has 0 saturated carbocycles. The van der Waals surface area contributed by atoms with Gasteiger partial charge in [0.25, 0.3) is 6.43 Å². The van der Waals surface area contributed by atoms with Crippen molar-refractivity contribution in [1.29, 1.82) is 0 Å². The summed E-state index contributed by atoms with van der Waals surface area (Å²) >= 11 is 1.69. The molecule has 1 aromatic heterocycles. The lowest BCUT2D eigenvalue weighted by atomic mass is 10.1. The first kappa shape index (κ1) is 13.8. The Morgan fingerprint density at radius 1 is 1.21 bits per heavy atom. The van der Waals surface area contributed by atoms with E-state index in [1.54, 1.807) is 23.5 Å². The van der Waals surface area contributed by atoms with Crippen LogP contribution in [0.25, 0.3) is 0 Å². The minimum absolute atomic E-state index is 0.0488. The van der Waals surface area contributed by atoms with Gasteiger partial charge >= 0.3 is 0 Å². The van der Waals surface area contributed by atoms with Crippen LogP contribution in [0.5, 0.6) is 0 Å². The number of nitrogens with two attached hydrogens (primary N) is 1. The summed E-state index contributed by atoms with van der Waals surface area (Å²) in [6.45, 7) is 2.65. The van der Waals surface area contributed by atoms with Crippen LogP contribution in [0.1, 0.15) is 28.7 Å². The van der Waals surface area contributed by atoms with Crippen molar-refractivity contribution < 1.29 is 8.78 Å². The van der Waals surface area contributed by atoms with Gasteiger partial charge in [-0.05, 0) is 36.8 Å². The van der Waals surface area contributed by atoms with Gasteiger partial charge in [0.1, 0.15) is 0 Å². The third kappa shape index (κ3) is 3.44. The second kappa shape index (κ2) is 6.02. The Labute approximate surface area is 115 Å². The average molecular weight is 282 g/mol. The van der Waals surface area contributed by atoms with Crippen molar-refractivity contribution in [1.82, 2.24) is 0 Å². The van der Waals surface area contributed by atoms with Gasteiger partial charge in [-0.2, -0.15) is 0 Å². The number of alkyl halides is 2. The molecule has 0 saturated heterocycles. The zero-order valence-electron chi connectivity index (χ0n) is 10.6. The van der Waals surface area contributed by atoms with Crippen LogP contribution in [-0.2, 0) is 13.0 Å². The monoisotopic (exact) mass is 282 g/mol. The third-order valence-electron chi connectivity index (χ3n) is 2.83. The zero-order chi connectivity index (χ0) is 13.8. The molecule has 0 aliphatic carbocycles. The molecule has 0 aliphatic heterocycles. The van der Waals surface area contributed by atoms with E-state index in [2.05, 4.69) is 18.3 Å². The fourth-order valence-corrected chi connectivity index (χ4v) is 2.71. The summed E-state index contributed by atoms with van der Waals surface area (Å²) in [6, 6.07) is 8.64. The van der Waals surface area contributed by atoms with E-state index in [0.29, 0.717) is 17.9 Å². The maximum Gasteiger partial charge on any atom is 0.265 e. The Hall–Kier alpha value is -1.62. The van der Waals surface area contributed by atoms with Gasteiger partial charge in [0.05, 0.1) is 0 Å². The number of hydrogen-bond donors (Lipinski definition) is 2. The quantitative estimate of drug-likeness (QED) is 0.795. The van der Waals surface area contributed by atoms with Gasteiger partial charge in [0, 0.05) is 33.2 Å². The van der Waals surface area contributed by atoms with Crippen molar-refractivity contribution in [3.8, 4) is 0 Å². The molecule has 0 radical (unpaired) electrons. The van der Waals surface area contributed by atoms with Crippen LogP contribution < -0.4 is 11.1 Å². The molecular weight excluding hydrogens is 266 g/mol. The number of anilines is 2. The highest BCUT2D eigenvalue weighted by Crippen LogP contribution is 2.29. The lowest BCUT2D eigenvalue weighted by molar-refractivity contribution is 0.152. The fourth-order valence-electron chi connectivity index (χ4n) is 1.81. The largest absolute Gasteiger partial charge is 0.399 e. The van der Waals surface area contributed by atoms with Crippen LogP contribution in [0.15, 0.2) is 30.3 Å². The van der Waals surface area contributed by atoms with Crippen molar-refractivity contribution in [2.75, 3.05) is 11.1 Å². The van der Waals surface area contributed by atoms with Crippen molar-refractivity contribution >= 4 is 22.7 Å². The lowest BCUT2D eigenvalue weighted by Crippen LogP contribution is -2.02. The lowest BCUT2D eigenvalue weighted by Gasteiger charge is -2.11. The number of nitrogens with one attached hydrogen (secondary N) is 1. The van der Waals surface area contributed by atoms with E-state index >= 15 is 0 Å². The van der Waals surface area contributed by atoms with Gasteiger partial charge in [-0.1, -0.05) is 6.92 Å². The fraction of sp³-hybridized carbons (Fsp3) is 0.286. The highest BCUT2D eigenvalue weighted by atomic mass is 32.1. The van der Waals surface area contributed by atoms with Crippen LogP contribution >= 0.6 is 11.3 Å². The maximum atomic E-state index is 12.9. The zero-order valence-corrected chi connectivity index (χ0v) is 11.4. The molecule has 1 aromatic carbocycles. The molecule has 0 fully saturated rings. The summed E-state index contributed by atoms with van der Waals surface area (Å²) in [5.41, 5.74) is 6.28. The topological polar surface area (TPSA) is 38.0 Å². The highest BCUT2D eigenvalue weighted by Gasteiger charge is 2.13. The van der Waals surface area contributed by atoms with Crippen LogP contribution in [0, 0.1) is 0 Å². The third-order valence-corrected chi connectivity index (χ3v) is 4.06. The number of aryl methyl sites for hydroxylation is 1. The SMILES string of the molecule is CCc1ccc(CNc2ccc(N)cc2C(F)F)s1. The Morgan fingerprint density at radius 3 is 2.58 bits per heavy atom. The first-order chi connectivity index (χ1) is 9.10. The Morgan fingerprint density at radius 2 is 1.95 bits per heavy atom. The van der Waals surface area contributed by atoms with E-state index in [-0.39, 0.29) is 5.56 Å². The first-order valence-electron chi connectivity index (χ1n) is 6.09. The number of thiophene rings is 1. The van der Waals surface area contributed by atoms with Gasteiger partial charge in [-0.15, -0.1) is 11.3 Å². The van der Waals surface area contributed by atoms with Crippen molar-refractivity contribution in [2.24, 2.45) is 0 Å². The number of rotatable bonds is 5.